The minimum Gasteiger partial charge on any atom is -0.497 e. The molecule has 6 nitrogen and oxygen atoms in total. The van der Waals surface area contributed by atoms with Crippen LogP contribution in [0.15, 0.2) is 24.3 Å². The fraction of sp³-hybridized carbons (Fsp3) is 0.467. The second-order valence-corrected chi connectivity index (χ2v) is 4.34. The van der Waals surface area contributed by atoms with Gasteiger partial charge in [0.15, 0.2) is 0 Å². The molecule has 1 amide bonds. The Morgan fingerprint density at radius 1 is 1.14 bits per heavy atom. The Bertz CT molecular complexity index is 475. The second-order valence-electron chi connectivity index (χ2n) is 4.34. The molecule has 0 aliphatic carbocycles. The molecule has 0 saturated carbocycles. The first-order chi connectivity index (χ1) is 10.1. The number of hydrogen-bond acceptors (Lipinski definition) is 5. The molecule has 21 heavy (non-hydrogen) atoms. The van der Waals surface area contributed by atoms with Gasteiger partial charge < -0.3 is 19.1 Å². The lowest BCUT2D eigenvalue weighted by Gasteiger charge is -2.22. The van der Waals surface area contributed by atoms with Crippen LogP contribution in [0.25, 0.3) is 0 Å². The van der Waals surface area contributed by atoms with Crippen LogP contribution >= 0.6 is 0 Å². The molecule has 0 heterocycles. The molecule has 0 bridgehead atoms. The van der Waals surface area contributed by atoms with Crippen LogP contribution in [-0.2, 0) is 14.3 Å². The van der Waals surface area contributed by atoms with Crippen LogP contribution in [0.4, 0.5) is 0 Å². The zero-order valence-electron chi connectivity index (χ0n) is 12.6. The van der Waals surface area contributed by atoms with Gasteiger partial charge in [0.1, 0.15) is 5.75 Å². The molecule has 6 heteroatoms. The van der Waals surface area contributed by atoms with E-state index in [9.17, 15) is 9.59 Å². The van der Waals surface area contributed by atoms with Crippen LogP contribution in [0.2, 0.25) is 0 Å². The first-order valence-electron chi connectivity index (χ1n) is 6.61. The molecule has 0 atom stereocenters. The summed E-state index contributed by atoms with van der Waals surface area (Å²) in [6, 6.07) is 6.90. The summed E-state index contributed by atoms with van der Waals surface area (Å²) in [5, 5.41) is 0. The normalized spacial score (nSPS) is 10.0. The molecule has 0 unspecified atom stereocenters. The third-order valence-corrected chi connectivity index (χ3v) is 2.98. The standard InChI is InChI=1S/C15H21NO5/c1-19-10-9-16(8-7-14(17)21-3)15(18)12-5-4-6-13(11-12)20-2/h4-6,11H,7-10H2,1-3H3. The Labute approximate surface area is 124 Å². The van der Waals surface area contributed by atoms with Gasteiger partial charge in [-0.1, -0.05) is 6.07 Å². The molecule has 0 aliphatic rings. The van der Waals surface area contributed by atoms with Crippen molar-refractivity contribution in [3.05, 3.63) is 29.8 Å². The first-order valence-corrected chi connectivity index (χ1v) is 6.61. The molecule has 0 aliphatic heterocycles. The zero-order chi connectivity index (χ0) is 15.7. The van der Waals surface area contributed by atoms with Crippen molar-refractivity contribution < 1.29 is 23.8 Å². The van der Waals surface area contributed by atoms with Gasteiger partial charge in [-0.3, -0.25) is 9.59 Å². The number of rotatable bonds is 8. The Hall–Kier alpha value is -2.08. The van der Waals surface area contributed by atoms with E-state index in [1.54, 1.807) is 43.4 Å². The SMILES string of the molecule is COCCN(CCC(=O)OC)C(=O)c1cccc(OC)c1. The maximum atomic E-state index is 12.5. The van der Waals surface area contributed by atoms with Gasteiger partial charge in [-0.25, -0.2) is 0 Å². The van der Waals surface area contributed by atoms with Gasteiger partial charge in [-0.05, 0) is 18.2 Å². The van der Waals surface area contributed by atoms with Crippen LogP contribution in [0.5, 0.6) is 5.75 Å². The smallest absolute Gasteiger partial charge is 0.307 e. The second kappa shape index (κ2) is 8.97. The summed E-state index contributed by atoms with van der Waals surface area (Å²) in [5.74, 6) is 0.0891. The molecular weight excluding hydrogens is 274 g/mol. The lowest BCUT2D eigenvalue weighted by molar-refractivity contribution is -0.140. The predicted molar refractivity (Wildman–Crippen MR) is 77.4 cm³/mol. The van der Waals surface area contributed by atoms with Crippen molar-refractivity contribution in [1.29, 1.82) is 0 Å². The van der Waals surface area contributed by atoms with E-state index in [2.05, 4.69) is 4.74 Å². The number of carbonyl (C=O) groups excluding carboxylic acids is 2. The number of hydrogen-bond donors (Lipinski definition) is 0. The molecule has 0 fully saturated rings. The monoisotopic (exact) mass is 295 g/mol. The minimum absolute atomic E-state index is 0.149. The van der Waals surface area contributed by atoms with Crippen molar-refractivity contribution in [1.82, 2.24) is 4.90 Å². The van der Waals surface area contributed by atoms with E-state index in [-0.39, 0.29) is 24.8 Å². The Kier molecular flexibility index (Phi) is 7.25. The van der Waals surface area contributed by atoms with E-state index >= 15 is 0 Å². The van der Waals surface area contributed by atoms with Gasteiger partial charge in [0.05, 0.1) is 27.2 Å². The number of benzene rings is 1. The molecule has 0 radical (unpaired) electrons. The minimum atomic E-state index is -0.351. The fourth-order valence-corrected chi connectivity index (χ4v) is 1.78. The maximum absolute atomic E-state index is 12.5. The molecular formula is C15H21NO5. The largest absolute Gasteiger partial charge is 0.497 e. The summed E-state index contributed by atoms with van der Waals surface area (Å²) in [5.41, 5.74) is 0.510. The van der Waals surface area contributed by atoms with E-state index in [0.717, 1.165) is 0 Å². The number of ether oxygens (including phenoxy) is 3. The van der Waals surface area contributed by atoms with Crippen molar-refractivity contribution in [3.8, 4) is 5.75 Å². The number of amides is 1. The van der Waals surface area contributed by atoms with Crippen molar-refractivity contribution in [2.24, 2.45) is 0 Å². The highest BCUT2D eigenvalue weighted by Gasteiger charge is 2.17. The van der Waals surface area contributed by atoms with Gasteiger partial charge in [0.2, 0.25) is 0 Å². The molecule has 1 rings (SSSR count). The fourth-order valence-electron chi connectivity index (χ4n) is 1.78. The van der Waals surface area contributed by atoms with Crippen molar-refractivity contribution in [2.75, 3.05) is 41.0 Å². The Morgan fingerprint density at radius 3 is 2.52 bits per heavy atom. The summed E-state index contributed by atoms with van der Waals surface area (Å²) in [6.45, 7) is 1.09. The molecule has 0 spiro atoms. The van der Waals surface area contributed by atoms with Crippen LogP contribution in [-0.4, -0.2) is 57.8 Å². The summed E-state index contributed by atoms with van der Waals surface area (Å²) in [6.07, 6.45) is 0.149. The van der Waals surface area contributed by atoms with Gasteiger partial charge >= 0.3 is 5.97 Å². The van der Waals surface area contributed by atoms with Crippen LogP contribution in [0.1, 0.15) is 16.8 Å². The summed E-state index contributed by atoms with van der Waals surface area (Å²) >= 11 is 0. The summed E-state index contributed by atoms with van der Waals surface area (Å²) < 4.78 is 14.7. The molecule has 0 N–H and O–H groups in total. The summed E-state index contributed by atoms with van der Waals surface area (Å²) in [7, 11) is 4.43. The van der Waals surface area contributed by atoms with Gasteiger partial charge in [-0.2, -0.15) is 0 Å². The molecule has 1 aromatic rings. The van der Waals surface area contributed by atoms with Gasteiger partial charge in [-0.15, -0.1) is 0 Å². The molecule has 116 valence electrons. The molecule has 0 aromatic heterocycles. The van der Waals surface area contributed by atoms with E-state index in [1.807, 2.05) is 0 Å². The third kappa shape index (κ3) is 5.43. The lowest BCUT2D eigenvalue weighted by atomic mass is 10.2. The summed E-state index contributed by atoms with van der Waals surface area (Å²) in [4.78, 5) is 25.3. The van der Waals surface area contributed by atoms with Gasteiger partial charge in [0.25, 0.3) is 5.91 Å². The van der Waals surface area contributed by atoms with E-state index in [0.29, 0.717) is 24.5 Å². The van der Waals surface area contributed by atoms with Crippen molar-refractivity contribution >= 4 is 11.9 Å². The first kappa shape index (κ1) is 17.0. The highest BCUT2D eigenvalue weighted by molar-refractivity contribution is 5.94. The van der Waals surface area contributed by atoms with Crippen molar-refractivity contribution in [2.45, 2.75) is 6.42 Å². The molecule has 1 aromatic carbocycles. The third-order valence-electron chi connectivity index (χ3n) is 2.98. The predicted octanol–water partition coefficient (Wildman–Crippen LogP) is 1.35. The van der Waals surface area contributed by atoms with E-state index in [1.165, 1.54) is 7.11 Å². The van der Waals surface area contributed by atoms with Crippen LogP contribution in [0.3, 0.4) is 0 Å². The highest BCUT2D eigenvalue weighted by atomic mass is 16.5. The van der Waals surface area contributed by atoms with E-state index in [4.69, 9.17) is 9.47 Å². The number of esters is 1. The maximum Gasteiger partial charge on any atom is 0.307 e. The average molecular weight is 295 g/mol. The van der Waals surface area contributed by atoms with Crippen LogP contribution in [0, 0.1) is 0 Å². The zero-order valence-corrected chi connectivity index (χ0v) is 12.6. The number of methoxy groups -OCH3 is 3. The number of carbonyl (C=O) groups is 2. The Morgan fingerprint density at radius 2 is 1.90 bits per heavy atom. The van der Waals surface area contributed by atoms with Crippen LogP contribution < -0.4 is 4.74 Å². The van der Waals surface area contributed by atoms with Gasteiger partial charge in [0, 0.05) is 25.8 Å². The highest BCUT2D eigenvalue weighted by Crippen LogP contribution is 2.14. The average Bonchev–Trinajstić information content (AvgIpc) is 2.54. The quantitative estimate of drug-likeness (QED) is 0.677. The lowest BCUT2D eigenvalue weighted by Crippen LogP contribution is -2.35. The Balaban J connectivity index is 2.79. The molecule has 0 saturated heterocycles. The van der Waals surface area contributed by atoms with E-state index < -0.39 is 0 Å². The topological polar surface area (TPSA) is 65.1 Å². The number of nitrogens with zero attached hydrogens (tertiary/aromatic N) is 1. The van der Waals surface area contributed by atoms with Crippen molar-refractivity contribution in [3.63, 3.8) is 0 Å².